The molecule has 1 amide bonds. The average molecular weight is 213 g/mol. The number of carbonyl (C=O) groups excluding carboxylic acids is 1. The van der Waals surface area contributed by atoms with Gasteiger partial charge in [-0.25, -0.2) is 0 Å². The first-order chi connectivity index (χ1) is 6.26. The molecular formula is C9H11NOS2. The van der Waals surface area contributed by atoms with Crippen LogP contribution in [-0.2, 0) is 0 Å². The van der Waals surface area contributed by atoms with Crippen molar-refractivity contribution in [3.63, 3.8) is 0 Å². The number of carbonyl (C=O) groups is 1. The molecule has 1 N–H and O–H groups in total. The molecule has 2 nitrogen and oxygen atoms in total. The SMILES string of the molecule is CSC(=O)Nc1ccc(SC)cc1. The third-order valence-electron chi connectivity index (χ3n) is 1.52. The van der Waals surface area contributed by atoms with Gasteiger partial charge >= 0.3 is 0 Å². The van der Waals surface area contributed by atoms with E-state index >= 15 is 0 Å². The Kier molecular flexibility index (Phi) is 4.18. The molecule has 0 radical (unpaired) electrons. The molecule has 0 unspecified atom stereocenters. The molecule has 0 atom stereocenters. The predicted octanol–water partition coefficient (Wildman–Crippen LogP) is 3.30. The molecule has 0 saturated carbocycles. The summed E-state index contributed by atoms with van der Waals surface area (Å²) in [6.45, 7) is 0. The second-order valence-corrected chi connectivity index (χ2v) is 4.00. The molecule has 0 heterocycles. The van der Waals surface area contributed by atoms with Gasteiger partial charge < -0.3 is 5.32 Å². The highest BCUT2D eigenvalue weighted by atomic mass is 32.2. The first kappa shape index (κ1) is 10.5. The maximum atomic E-state index is 11.0. The van der Waals surface area contributed by atoms with Gasteiger partial charge in [0.15, 0.2) is 0 Å². The smallest absolute Gasteiger partial charge is 0.283 e. The first-order valence-electron chi connectivity index (χ1n) is 3.75. The Bertz CT molecular complexity index is 284. The maximum Gasteiger partial charge on any atom is 0.283 e. The summed E-state index contributed by atoms with van der Waals surface area (Å²) in [5.41, 5.74) is 0.845. The number of thioether (sulfide) groups is 2. The summed E-state index contributed by atoms with van der Waals surface area (Å²) in [5.74, 6) is 0. The van der Waals surface area contributed by atoms with Crippen LogP contribution in [0, 0.1) is 0 Å². The Balaban J connectivity index is 2.64. The van der Waals surface area contributed by atoms with E-state index in [1.54, 1.807) is 18.0 Å². The molecule has 0 aliphatic heterocycles. The molecule has 0 fully saturated rings. The average Bonchev–Trinajstić information content (AvgIpc) is 2.19. The summed E-state index contributed by atoms with van der Waals surface area (Å²) in [5, 5.41) is 2.73. The lowest BCUT2D eigenvalue weighted by atomic mass is 10.3. The third kappa shape index (κ3) is 3.32. The zero-order valence-corrected chi connectivity index (χ0v) is 9.17. The van der Waals surface area contributed by atoms with E-state index in [-0.39, 0.29) is 5.24 Å². The highest BCUT2D eigenvalue weighted by Gasteiger charge is 1.98. The third-order valence-corrected chi connectivity index (χ3v) is 2.74. The van der Waals surface area contributed by atoms with Crippen LogP contribution in [0.4, 0.5) is 10.5 Å². The maximum absolute atomic E-state index is 11.0. The fraction of sp³-hybridized carbons (Fsp3) is 0.222. The number of anilines is 1. The Morgan fingerprint density at radius 2 is 1.85 bits per heavy atom. The molecule has 0 aliphatic rings. The van der Waals surface area contributed by atoms with Gasteiger partial charge in [-0.2, -0.15) is 0 Å². The van der Waals surface area contributed by atoms with Gasteiger partial charge in [-0.1, -0.05) is 11.8 Å². The van der Waals surface area contributed by atoms with E-state index in [4.69, 9.17) is 0 Å². The minimum Gasteiger partial charge on any atom is -0.317 e. The van der Waals surface area contributed by atoms with Crippen LogP contribution in [0.5, 0.6) is 0 Å². The van der Waals surface area contributed by atoms with Gasteiger partial charge in [-0.15, -0.1) is 11.8 Å². The molecule has 0 bridgehead atoms. The van der Waals surface area contributed by atoms with Crippen LogP contribution in [0.15, 0.2) is 29.2 Å². The van der Waals surface area contributed by atoms with Crippen molar-refractivity contribution in [2.75, 3.05) is 17.8 Å². The van der Waals surface area contributed by atoms with Gasteiger partial charge in [0, 0.05) is 10.6 Å². The number of rotatable bonds is 2. The summed E-state index contributed by atoms with van der Waals surface area (Å²) in [4.78, 5) is 12.2. The minimum atomic E-state index is -0.0306. The lowest BCUT2D eigenvalue weighted by Gasteiger charge is -2.02. The van der Waals surface area contributed by atoms with Crippen molar-refractivity contribution in [3.8, 4) is 0 Å². The molecule has 1 aromatic carbocycles. The van der Waals surface area contributed by atoms with E-state index in [0.717, 1.165) is 5.69 Å². The molecule has 1 rings (SSSR count). The molecular weight excluding hydrogens is 202 g/mol. The molecule has 0 saturated heterocycles. The topological polar surface area (TPSA) is 29.1 Å². The zero-order chi connectivity index (χ0) is 9.68. The normalized spacial score (nSPS) is 9.69. The van der Waals surface area contributed by atoms with Crippen molar-refractivity contribution < 1.29 is 4.79 Å². The first-order valence-corrected chi connectivity index (χ1v) is 6.20. The van der Waals surface area contributed by atoms with E-state index in [1.165, 1.54) is 16.7 Å². The van der Waals surface area contributed by atoms with E-state index in [0.29, 0.717) is 0 Å². The fourth-order valence-electron chi connectivity index (χ4n) is 0.843. The largest absolute Gasteiger partial charge is 0.317 e. The van der Waals surface area contributed by atoms with E-state index in [1.807, 2.05) is 30.5 Å². The standard InChI is InChI=1S/C9H11NOS2/c1-12-8-5-3-7(4-6-8)10-9(11)13-2/h3-6H,1-2H3,(H,10,11). The van der Waals surface area contributed by atoms with Crippen molar-refractivity contribution in [1.29, 1.82) is 0 Å². The summed E-state index contributed by atoms with van der Waals surface area (Å²) < 4.78 is 0. The molecule has 0 spiro atoms. The number of amides is 1. The van der Waals surface area contributed by atoms with E-state index in [9.17, 15) is 4.79 Å². The Morgan fingerprint density at radius 3 is 2.31 bits per heavy atom. The van der Waals surface area contributed by atoms with E-state index < -0.39 is 0 Å². The van der Waals surface area contributed by atoms with Gasteiger partial charge in [0.25, 0.3) is 5.24 Å². The van der Waals surface area contributed by atoms with Crippen molar-refractivity contribution >= 4 is 34.5 Å². The fourth-order valence-corrected chi connectivity index (χ4v) is 1.47. The summed E-state index contributed by atoms with van der Waals surface area (Å²) in [6, 6.07) is 7.78. The van der Waals surface area contributed by atoms with Gasteiger partial charge in [0.2, 0.25) is 0 Å². The van der Waals surface area contributed by atoms with Crippen molar-refractivity contribution in [1.82, 2.24) is 0 Å². The van der Waals surface area contributed by atoms with Gasteiger partial charge in [-0.05, 0) is 36.8 Å². The molecule has 0 aliphatic carbocycles. The zero-order valence-electron chi connectivity index (χ0n) is 7.53. The summed E-state index contributed by atoms with van der Waals surface area (Å²) >= 11 is 2.86. The van der Waals surface area contributed by atoms with Gasteiger partial charge in [-0.3, -0.25) is 4.79 Å². The van der Waals surface area contributed by atoms with Crippen LogP contribution < -0.4 is 5.32 Å². The molecule has 0 aromatic heterocycles. The molecule has 4 heteroatoms. The molecule has 1 aromatic rings. The van der Waals surface area contributed by atoms with Crippen LogP contribution in [0.3, 0.4) is 0 Å². The van der Waals surface area contributed by atoms with Gasteiger partial charge in [0.05, 0.1) is 0 Å². The summed E-state index contributed by atoms with van der Waals surface area (Å²) in [7, 11) is 0. The Labute approximate surface area is 86.5 Å². The number of benzene rings is 1. The Morgan fingerprint density at radius 1 is 1.23 bits per heavy atom. The lowest BCUT2D eigenvalue weighted by molar-refractivity contribution is 0.270. The van der Waals surface area contributed by atoms with E-state index in [2.05, 4.69) is 5.32 Å². The monoisotopic (exact) mass is 213 g/mol. The second-order valence-electron chi connectivity index (χ2n) is 2.35. The number of hydrogen-bond donors (Lipinski definition) is 1. The van der Waals surface area contributed by atoms with Crippen LogP contribution >= 0.6 is 23.5 Å². The predicted molar refractivity (Wildman–Crippen MR) is 60.8 cm³/mol. The van der Waals surface area contributed by atoms with Crippen molar-refractivity contribution in [2.45, 2.75) is 4.90 Å². The van der Waals surface area contributed by atoms with Crippen LogP contribution in [0.2, 0.25) is 0 Å². The summed E-state index contributed by atoms with van der Waals surface area (Å²) in [6.07, 6.45) is 3.78. The minimum absolute atomic E-state index is 0.0306. The highest BCUT2D eigenvalue weighted by molar-refractivity contribution is 8.13. The van der Waals surface area contributed by atoms with Gasteiger partial charge in [0.1, 0.15) is 0 Å². The molecule has 70 valence electrons. The second kappa shape index (κ2) is 5.19. The van der Waals surface area contributed by atoms with Crippen LogP contribution in [0.25, 0.3) is 0 Å². The van der Waals surface area contributed by atoms with Crippen LogP contribution in [0.1, 0.15) is 0 Å². The number of nitrogens with one attached hydrogen (secondary N) is 1. The lowest BCUT2D eigenvalue weighted by Crippen LogP contribution is -2.03. The number of hydrogen-bond acceptors (Lipinski definition) is 3. The highest BCUT2D eigenvalue weighted by Crippen LogP contribution is 2.18. The Hall–Kier alpha value is -0.610. The quantitative estimate of drug-likeness (QED) is 0.764. The van der Waals surface area contributed by atoms with Crippen molar-refractivity contribution in [2.24, 2.45) is 0 Å². The molecule has 13 heavy (non-hydrogen) atoms. The van der Waals surface area contributed by atoms with Crippen LogP contribution in [-0.4, -0.2) is 17.8 Å². The van der Waals surface area contributed by atoms with Crippen molar-refractivity contribution in [3.05, 3.63) is 24.3 Å².